The van der Waals surface area contributed by atoms with Crippen LogP contribution in [0.1, 0.15) is 50.5 Å². The first-order valence-corrected chi connectivity index (χ1v) is 9.07. The Morgan fingerprint density at radius 2 is 2.04 bits per heavy atom. The summed E-state index contributed by atoms with van der Waals surface area (Å²) in [5.41, 5.74) is 1.13. The molecule has 3 heterocycles. The van der Waals surface area contributed by atoms with Gasteiger partial charge in [0.15, 0.2) is 0 Å². The van der Waals surface area contributed by atoms with Crippen molar-refractivity contribution >= 4 is 5.82 Å². The van der Waals surface area contributed by atoms with Crippen molar-refractivity contribution in [3.63, 3.8) is 0 Å². The normalized spacial score (nSPS) is 23.2. The molecule has 0 radical (unpaired) electrons. The maximum Gasteiger partial charge on any atom is 0.132 e. The van der Waals surface area contributed by atoms with Gasteiger partial charge in [-0.1, -0.05) is 6.92 Å². The molecule has 0 aromatic carbocycles. The Morgan fingerprint density at radius 3 is 2.74 bits per heavy atom. The van der Waals surface area contributed by atoms with Gasteiger partial charge in [0.25, 0.3) is 0 Å². The molecule has 1 aromatic rings. The third-order valence-electron chi connectivity index (χ3n) is 4.80. The summed E-state index contributed by atoms with van der Waals surface area (Å²) in [4.78, 5) is 11.4. The summed E-state index contributed by atoms with van der Waals surface area (Å²) < 4.78 is 11.8. The predicted molar refractivity (Wildman–Crippen MR) is 90.9 cm³/mol. The lowest BCUT2D eigenvalue weighted by Crippen LogP contribution is -2.39. The van der Waals surface area contributed by atoms with E-state index in [0.29, 0.717) is 12.2 Å². The summed E-state index contributed by atoms with van der Waals surface area (Å²) in [5.74, 6) is 1.94. The second-order valence-corrected chi connectivity index (χ2v) is 6.63. The number of aryl methyl sites for hydroxylation is 2. The third kappa shape index (κ3) is 4.64. The lowest BCUT2D eigenvalue weighted by atomic mass is 10.1. The first-order valence-electron chi connectivity index (χ1n) is 9.07. The van der Waals surface area contributed by atoms with E-state index in [1.165, 1.54) is 12.8 Å². The zero-order valence-electron chi connectivity index (χ0n) is 14.5. The molecular weight excluding hydrogens is 290 g/mol. The molecule has 2 fully saturated rings. The van der Waals surface area contributed by atoms with Gasteiger partial charge < -0.3 is 14.4 Å². The minimum Gasteiger partial charge on any atom is -0.376 e. The molecule has 1 atom stereocenters. The van der Waals surface area contributed by atoms with E-state index in [9.17, 15) is 0 Å². The minimum absolute atomic E-state index is 0.318. The molecule has 23 heavy (non-hydrogen) atoms. The number of hydrogen-bond donors (Lipinski definition) is 0. The van der Waals surface area contributed by atoms with Crippen molar-refractivity contribution in [1.82, 2.24) is 9.97 Å². The molecule has 5 heteroatoms. The fraction of sp³-hybridized carbons (Fsp3) is 0.778. The zero-order valence-corrected chi connectivity index (χ0v) is 14.5. The monoisotopic (exact) mass is 319 g/mol. The van der Waals surface area contributed by atoms with Crippen molar-refractivity contribution < 1.29 is 9.47 Å². The second kappa shape index (κ2) is 8.06. The average molecular weight is 319 g/mol. The van der Waals surface area contributed by atoms with Gasteiger partial charge in [-0.3, -0.25) is 0 Å². The molecule has 1 aromatic heterocycles. The fourth-order valence-corrected chi connectivity index (χ4v) is 3.39. The van der Waals surface area contributed by atoms with Crippen molar-refractivity contribution in [3.8, 4) is 0 Å². The van der Waals surface area contributed by atoms with Crippen LogP contribution in [-0.2, 0) is 15.9 Å². The first kappa shape index (κ1) is 16.7. The molecule has 128 valence electrons. The SMILES string of the molecule is CCc1cc(N2CCC(OCC3CCCCO3)CC2)nc(C)n1. The molecule has 0 saturated carbocycles. The number of rotatable bonds is 5. The van der Waals surface area contributed by atoms with Crippen LogP contribution in [0.4, 0.5) is 5.82 Å². The lowest BCUT2D eigenvalue weighted by molar-refractivity contribution is -0.0672. The number of piperidine rings is 1. The fourth-order valence-electron chi connectivity index (χ4n) is 3.39. The van der Waals surface area contributed by atoms with Gasteiger partial charge in [0.2, 0.25) is 0 Å². The molecule has 2 aliphatic rings. The molecule has 0 amide bonds. The Balaban J connectivity index is 1.47. The molecule has 0 N–H and O–H groups in total. The van der Waals surface area contributed by atoms with Crippen LogP contribution >= 0.6 is 0 Å². The van der Waals surface area contributed by atoms with E-state index in [0.717, 1.165) is 69.3 Å². The highest BCUT2D eigenvalue weighted by atomic mass is 16.5. The van der Waals surface area contributed by atoms with E-state index in [-0.39, 0.29) is 0 Å². The highest BCUT2D eigenvalue weighted by Gasteiger charge is 2.23. The molecule has 5 nitrogen and oxygen atoms in total. The molecule has 0 spiro atoms. The number of anilines is 1. The summed E-state index contributed by atoms with van der Waals surface area (Å²) in [7, 11) is 0. The Labute approximate surface area is 139 Å². The van der Waals surface area contributed by atoms with Gasteiger partial charge in [0, 0.05) is 31.5 Å². The zero-order chi connectivity index (χ0) is 16.1. The van der Waals surface area contributed by atoms with Gasteiger partial charge in [-0.2, -0.15) is 0 Å². The minimum atomic E-state index is 0.318. The highest BCUT2D eigenvalue weighted by Crippen LogP contribution is 2.22. The van der Waals surface area contributed by atoms with Crippen molar-refractivity contribution in [1.29, 1.82) is 0 Å². The number of hydrogen-bond acceptors (Lipinski definition) is 5. The van der Waals surface area contributed by atoms with Crippen LogP contribution in [0.2, 0.25) is 0 Å². The maximum atomic E-state index is 6.09. The highest BCUT2D eigenvalue weighted by molar-refractivity contribution is 5.40. The van der Waals surface area contributed by atoms with Crippen LogP contribution in [0, 0.1) is 6.92 Å². The van der Waals surface area contributed by atoms with Crippen LogP contribution in [-0.4, -0.2) is 48.5 Å². The summed E-state index contributed by atoms with van der Waals surface area (Å²) in [6, 6.07) is 2.13. The number of nitrogens with zero attached hydrogens (tertiary/aromatic N) is 3. The van der Waals surface area contributed by atoms with E-state index in [2.05, 4.69) is 27.9 Å². The Hall–Kier alpha value is -1.20. The van der Waals surface area contributed by atoms with Gasteiger partial charge >= 0.3 is 0 Å². The van der Waals surface area contributed by atoms with Crippen LogP contribution in [0.3, 0.4) is 0 Å². The summed E-state index contributed by atoms with van der Waals surface area (Å²) in [5, 5.41) is 0. The largest absolute Gasteiger partial charge is 0.376 e. The maximum absolute atomic E-state index is 6.09. The predicted octanol–water partition coefficient (Wildman–Crippen LogP) is 2.90. The molecule has 3 rings (SSSR count). The van der Waals surface area contributed by atoms with Gasteiger partial charge in [0.1, 0.15) is 11.6 Å². The van der Waals surface area contributed by atoms with Crippen LogP contribution < -0.4 is 4.90 Å². The van der Waals surface area contributed by atoms with Crippen LogP contribution in [0.25, 0.3) is 0 Å². The Bertz CT molecular complexity index is 495. The summed E-state index contributed by atoms with van der Waals surface area (Å²) in [6.45, 7) is 7.80. The average Bonchev–Trinajstić information content (AvgIpc) is 2.60. The van der Waals surface area contributed by atoms with Crippen molar-refractivity contribution in [2.75, 3.05) is 31.2 Å². The van der Waals surface area contributed by atoms with E-state index >= 15 is 0 Å². The van der Waals surface area contributed by atoms with E-state index in [1.54, 1.807) is 0 Å². The molecule has 0 aliphatic carbocycles. The molecule has 2 aliphatic heterocycles. The van der Waals surface area contributed by atoms with E-state index < -0.39 is 0 Å². The summed E-state index contributed by atoms with van der Waals surface area (Å²) in [6.07, 6.45) is 7.40. The van der Waals surface area contributed by atoms with Gasteiger partial charge in [0.05, 0.1) is 18.8 Å². The van der Waals surface area contributed by atoms with Crippen LogP contribution in [0.5, 0.6) is 0 Å². The van der Waals surface area contributed by atoms with Crippen molar-refractivity contribution in [3.05, 3.63) is 17.6 Å². The molecular formula is C18H29N3O2. The molecule has 2 saturated heterocycles. The lowest BCUT2D eigenvalue weighted by Gasteiger charge is -2.34. The number of ether oxygens (including phenoxy) is 2. The van der Waals surface area contributed by atoms with Crippen molar-refractivity contribution in [2.45, 2.75) is 64.6 Å². The Morgan fingerprint density at radius 1 is 1.22 bits per heavy atom. The quantitative estimate of drug-likeness (QED) is 0.835. The second-order valence-electron chi connectivity index (χ2n) is 6.63. The van der Waals surface area contributed by atoms with Gasteiger partial charge in [-0.05, 0) is 45.4 Å². The van der Waals surface area contributed by atoms with Crippen LogP contribution in [0.15, 0.2) is 6.07 Å². The molecule has 0 bridgehead atoms. The van der Waals surface area contributed by atoms with Crippen molar-refractivity contribution in [2.24, 2.45) is 0 Å². The third-order valence-corrected chi connectivity index (χ3v) is 4.80. The number of aromatic nitrogens is 2. The van der Waals surface area contributed by atoms with Gasteiger partial charge in [-0.15, -0.1) is 0 Å². The molecule has 1 unspecified atom stereocenters. The summed E-state index contributed by atoms with van der Waals surface area (Å²) >= 11 is 0. The topological polar surface area (TPSA) is 47.5 Å². The van der Waals surface area contributed by atoms with Gasteiger partial charge in [-0.25, -0.2) is 9.97 Å². The first-order chi connectivity index (χ1) is 11.2. The Kier molecular flexibility index (Phi) is 5.84. The smallest absolute Gasteiger partial charge is 0.132 e. The van der Waals surface area contributed by atoms with E-state index in [1.807, 2.05) is 6.92 Å². The standard InChI is InChI=1S/C18H29N3O2/c1-3-15-12-18(20-14(2)19-15)21-9-7-16(8-10-21)23-13-17-6-4-5-11-22-17/h12,16-17H,3-11,13H2,1-2H3. The van der Waals surface area contributed by atoms with E-state index in [4.69, 9.17) is 9.47 Å².